The van der Waals surface area contributed by atoms with Crippen molar-refractivity contribution in [1.29, 1.82) is 0 Å². The average Bonchev–Trinajstić information content (AvgIpc) is 2.88. The van der Waals surface area contributed by atoms with Crippen LogP contribution in [0.3, 0.4) is 0 Å². The van der Waals surface area contributed by atoms with E-state index in [0.717, 1.165) is 10.4 Å². The summed E-state index contributed by atoms with van der Waals surface area (Å²) in [5.74, 6) is 5.61. The van der Waals surface area contributed by atoms with Gasteiger partial charge in [-0.3, -0.25) is 4.79 Å². The summed E-state index contributed by atoms with van der Waals surface area (Å²) in [6, 6.07) is 5.33. The number of rotatable bonds is 2. The molecule has 1 amide bonds. The Morgan fingerprint density at radius 2 is 2.37 bits per heavy atom. The lowest BCUT2D eigenvalue weighted by Gasteiger charge is -2.02. The predicted molar refractivity (Wildman–Crippen MR) is 75.2 cm³/mol. The van der Waals surface area contributed by atoms with Crippen LogP contribution < -0.4 is 5.32 Å². The minimum atomic E-state index is -0.218. The standard InChI is InChI=1S/C14H12N2O2S/c1-10-4-5-13(15-8-10)16-14(18)11-7-12(19-9-11)3-2-6-17/h4-5,7-9,17H,6H2,1H3,(H,15,16,18). The molecule has 0 bridgehead atoms. The molecule has 0 aliphatic heterocycles. The van der Waals surface area contributed by atoms with Crippen molar-refractivity contribution in [2.24, 2.45) is 0 Å². The van der Waals surface area contributed by atoms with E-state index in [1.54, 1.807) is 23.7 Å². The Kier molecular flexibility index (Phi) is 4.29. The summed E-state index contributed by atoms with van der Waals surface area (Å²) >= 11 is 1.36. The first-order valence-electron chi connectivity index (χ1n) is 5.61. The van der Waals surface area contributed by atoms with Crippen LogP contribution in [0.5, 0.6) is 0 Å². The molecule has 0 aliphatic carbocycles. The van der Waals surface area contributed by atoms with Gasteiger partial charge in [0.1, 0.15) is 12.4 Å². The van der Waals surface area contributed by atoms with Gasteiger partial charge in [-0.2, -0.15) is 0 Å². The molecule has 4 nitrogen and oxygen atoms in total. The molecular weight excluding hydrogens is 260 g/mol. The fourth-order valence-electron chi connectivity index (χ4n) is 1.38. The summed E-state index contributed by atoms with van der Waals surface area (Å²) in [5, 5.41) is 13.0. The molecule has 2 N–H and O–H groups in total. The van der Waals surface area contributed by atoms with Gasteiger partial charge >= 0.3 is 0 Å². The van der Waals surface area contributed by atoms with Crippen molar-refractivity contribution in [3.63, 3.8) is 0 Å². The van der Waals surface area contributed by atoms with Gasteiger partial charge in [0.15, 0.2) is 0 Å². The van der Waals surface area contributed by atoms with Crippen LogP contribution >= 0.6 is 11.3 Å². The van der Waals surface area contributed by atoms with Crippen molar-refractivity contribution in [2.75, 3.05) is 11.9 Å². The summed E-state index contributed by atoms with van der Waals surface area (Å²) in [5.41, 5.74) is 1.57. The number of nitrogens with one attached hydrogen (secondary N) is 1. The van der Waals surface area contributed by atoms with Gasteiger partial charge in [-0.15, -0.1) is 11.3 Å². The Bertz CT molecular complexity index is 635. The maximum Gasteiger partial charge on any atom is 0.257 e. The number of aliphatic hydroxyl groups excluding tert-OH is 1. The first-order chi connectivity index (χ1) is 9.19. The molecule has 0 aliphatic rings. The van der Waals surface area contributed by atoms with Crippen LogP contribution in [-0.2, 0) is 0 Å². The van der Waals surface area contributed by atoms with Crippen LogP contribution in [0, 0.1) is 18.8 Å². The van der Waals surface area contributed by atoms with Gasteiger partial charge in [-0.1, -0.05) is 17.9 Å². The van der Waals surface area contributed by atoms with Gasteiger partial charge < -0.3 is 10.4 Å². The lowest BCUT2D eigenvalue weighted by atomic mass is 10.3. The Morgan fingerprint density at radius 3 is 3.05 bits per heavy atom. The number of anilines is 1. The van der Waals surface area contributed by atoms with Crippen LogP contribution in [0.4, 0.5) is 5.82 Å². The summed E-state index contributed by atoms with van der Waals surface area (Å²) in [6.45, 7) is 1.75. The molecular formula is C14H12N2O2S. The molecule has 96 valence electrons. The number of hydrogen-bond donors (Lipinski definition) is 2. The van der Waals surface area contributed by atoms with Crippen LogP contribution in [0.2, 0.25) is 0 Å². The number of aliphatic hydroxyl groups is 1. The molecule has 0 spiro atoms. The Labute approximate surface area is 115 Å². The summed E-state index contributed by atoms with van der Waals surface area (Å²) in [4.78, 5) is 16.8. The van der Waals surface area contributed by atoms with E-state index in [2.05, 4.69) is 22.1 Å². The van der Waals surface area contributed by atoms with Crippen LogP contribution in [0.25, 0.3) is 0 Å². The van der Waals surface area contributed by atoms with Crippen molar-refractivity contribution >= 4 is 23.1 Å². The lowest BCUT2D eigenvalue weighted by molar-refractivity contribution is 0.102. The minimum Gasteiger partial charge on any atom is -0.384 e. The third kappa shape index (κ3) is 3.65. The van der Waals surface area contributed by atoms with Gasteiger partial charge in [0, 0.05) is 11.6 Å². The van der Waals surface area contributed by atoms with Gasteiger partial charge in [-0.05, 0) is 24.6 Å². The molecule has 2 heterocycles. The topological polar surface area (TPSA) is 62.2 Å². The summed E-state index contributed by atoms with van der Waals surface area (Å²) in [7, 11) is 0. The van der Waals surface area contributed by atoms with Gasteiger partial charge in [-0.25, -0.2) is 4.98 Å². The third-order valence-corrected chi connectivity index (χ3v) is 3.15. The van der Waals surface area contributed by atoms with Crippen LogP contribution in [0.15, 0.2) is 29.8 Å². The Hall–Kier alpha value is -2.16. The van der Waals surface area contributed by atoms with Crippen LogP contribution in [0.1, 0.15) is 20.8 Å². The number of carbonyl (C=O) groups is 1. The van der Waals surface area contributed by atoms with E-state index < -0.39 is 0 Å². The number of pyridine rings is 1. The van der Waals surface area contributed by atoms with Crippen molar-refractivity contribution < 1.29 is 9.90 Å². The molecule has 0 radical (unpaired) electrons. The van der Waals surface area contributed by atoms with Crippen LogP contribution in [-0.4, -0.2) is 22.6 Å². The first-order valence-corrected chi connectivity index (χ1v) is 6.49. The van der Waals surface area contributed by atoms with E-state index >= 15 is 0 Å². The molecule has 2 aromatic heterocycles. The highest BCUT2D eigenvalue weighted by Gasteiger charge is 2.08. The van der Waals surface area contributed by atoms with E-state index in [1.807, 2.05) is 13.0 Å². The smallest absolute Gasteiger partial charge is 0.257 e. The number of amides is 1. The zero-order chi connectivity index (χ0) is 13.7. The monoisotopic (exact) mass is 272 g/mol. The van der Waals surface area contributed by atoms with Gasteiger partial charge in [0.2, 0.25) is 0 Å². The maximum atomic E-state index is 11.9. The molecule has 0 saturated carbocycles. The zero-order valence-corrected chi connectivity index (χ0v) is 11.1. The highest BCUT2D eigenvalue weighted by atomic mass is 32.1. The first kappa shape index (κ1) is 13.3. The summed E-state index contributed by atoms with van der Waals surface area (Å²) in [6.07, 6.45) is 1.70. The van der Waals surface area contributed by atoms with Gasteiger partial charge in [0.25, 0.3) is 5.91 Å². The van der Waals surface area contributed by atoms with E-state index in [1.165, 1.54) is 11.3 Å². The maximum absolute atomic E-state index is 11.9. The number of aryl methyl sites for hydroxylation is 1. The molecule has 2 rings (SSSR count). The van der Waals surface area contributed by atoms with Crippen molar-refractivity contribution in [2.45, 2.75) is 6.92 Å². The van der Waals surface area contributed by atoms with Crippen molar-refractivity contribution in [3.05, 3.63) is 45.8 Å². The number of nitrogens with zero attached hydrogens (tertiary/aromatic N) is 1. The minimum absolute atomic E-state index is 0.188. The summed E-state index contributed by atoms with van der Waals surface area (Å²) < 4.78 is 0. The van der Waals surface area contributed by atoms with Crippen molar-refractivity contribution in [3.8, 4) is 11.8 Å². The van der Waals surface area contributed by atoms with E-state index in [4.69, 9.17) is 5.11 Å². The fraction of sp³-hybridized carbons (Fsp3) is 0.143. The molecule has 0 fully saturated rings. The van der Waals surface area contributed by atoms with E-state index in [-0.39, 0.29) is 12.5 Å². The molecule has 19 heavy (non-hydrogen) atoms. The number of carbonyl (C=O) groups excluding carboxylic acids is 1. The number of aromatic nitrogens is 1. The van der Waals surface area contributed by atoms with E-state index in [9.17, 15) is 4.79 Å². The largest absolute Gasteiger partial charge is 0.384 e. The number of hydrogen-bond acceptors (Lipinski definition) is 4. The average molecular weight is 272 g/mol. The highest BCUT2D eigenvalue weighted by Crippen LogP contribution is 2.15. The second-order valence-corrected chi connectivity index (χ2v) is 4.75. The number of thiophene rings is 1. The lowest BCUT2D eigenvalue weighted by Crippen LogP contribution is -2.11. The zero-order valence-electron chi connectivity index (χ0n) is 10.3. The third-order valence-electron chi connectivity index (χ3n) is 2.31. The molecule has 0 unspecified atom stereocenters. The second-order valence-electron chi connectivity index (χ2n) is 3.83. The van der Waals surface area contributed by atoms with Crippen molar-refractivity contribution in [1.82, 2.24) is 4.98 Å². The Balaban J connectivity index is 2.07. The van der Waals surface area contributed by atoms with Gasteiger partial charge in [0.05, 0.1) is 10.4 Å². The SMILES string of the molecule is Cc1ccc(NC(=O)c2csc(C#CCO)c2)nc1. The Morgan fingerprint density at radius 1 is 1.53 bits per heavy atom. The highest BCUT2D eigenvalue weighted by molar-refractivity contribution is 7.10. The normalized spacial score (nSPS) is 9.58. The second kappa shape index (κ2) is 6.14. The molecule has 5 heteroatoms. The predicted octanol–water partition coefficient (Wildman–Crippen LogP) is 2.05. The molecule has 0 saturated heterocycles. The molecule has 0 atom stereocenters. The van der Waals surface area contributed by atoms with E-state index in [0.29, 0.717) is 11.4 Å². The fourth-order valence-corrected chi connectivity index (χ4v) is 2.13. The molecule has 2 aromatic rings. The quantitative estimate of drug-likeness (QED) is 0.822. The molecule has 0 aromatic carbocycles.